The number of pyridine rings is 1. The van der Waals surface area contributed by atoms with Crippen LogP contribution in [-0.2, 0) is 0 Å². The molecule has 19 heavy (non-hydrogen) atoms. The van der Waals surface area contributed by atoms with Gasteiger partial charge in [0.1, 0.15) is 17.5 Å². The number of benzene rings is 1. The molecule has 0 radical (unpaired) electrons. The summed E-state index contributed by atoms with van der Waals surface area (Å²) in [7, 11) is 0. The van der Waals surface area contributed by atoms with Crippen molar-refractivity contribution in [3.05, 3.63) is 65.2 Å². The zero-order chi connectivity index (χ0) is 13.8. The normalized spacial score (nSPS) is 12.4. The first-order chi connectivity index (χ1) is 9.11. The molecule has 1 atom stereocenters. The molecule has 5 heteroatoms. The molecule has 2 aromatic rings. The van der Waals surface area contributed by atoms with Gasteiger partial charge in [0.05, 0.1) is 11.7 Å². The Morgan fingerprint density at radius 1 is 1.16 bits per heavy atom. The summed E-state index contributed by atoms with van der Waals surface area (Å²) in [6, 6.07) is 5.17. The van der Waals surface area contributed by atoms with Crippen LogP contribution < -0.4 is 5.32 Å². The van der Waals surface area contributed by atoms with E-state index in [4.69, 9.17) is 0 Å². The van der Waals surface area contributed by atoms with E-state index >= 15 is 0 Å². The van der Waals surface area contributed by atoms with Crippen LogP contribution in [0.3, 0.4) is 0 Å². The first-order valence-electron chi connectivity index (χ1n) is 5.91. The van der Waals surface area contributed by atoms with E-state index < -0.39 is 23.5 Å². The van der Waals surface area contributed by atoms with Crippen molar-refractivity contribution in [2.75, 3.05) is 6.54 Å². The highest BCUT2D eigenvalue weighted by molar-refractivity contribution is 5.29. The maximum atomic E-state index is 13.8. The Bertz CT molecular complexity index is 552. The third kappa shape index (κ3) is 3.12. The lowest BCUT2D eigenvalue weighted by Crippen LogP contribution is -2.24. The number of rotatable bonds is 4. The van der Waals surface area contributed by atoms with E-state index in [1.807, 2.05) is 6.92 Å². The van der Waals surface area contributed by atoms with E-state index in [-0.39, 0.29) is 5.69 Å². The quantitative estimate of drug-likeness (QED) is 0.919. The van der Waals surface area contributed by atoms with Crippen molar-refractivity contribution < 1.29 is 13.2 Å². The number of nitrogens with zero attached hydrogens (tertiary/aromatic N) is 1. The van der Waals surface area contributed by atoms with Gasteiger partial charge in [-0.2, -0.15) is 0 Å². The molecule has 0 aliphatic rings. The highest BCUT2D eigenvalue weighted by Crippen LogP contribution is 2.24. The van der Waals surface area contributed by atoms with Gasteiger partial charge in [0, 0.05) is 12.3 Å². The Labute approximate surface area is 109 Å². The molecule has 0 fully saturated rings. The van der Waals surface area contributed by atoms with Gasteiger partial charge in [0.25, 0.3) is 0 Å². The zero-order valence-corrected chi connectivity index (χ0v) is 10.3. The first-order valence-corrected chi connectivity index (χ1v) is 5.91. The standard InChI is InChI=1S/C14H13F3N2/c1-2-18-13(14-12(17)4-3-5-19-14)9-6-10(15)8-11(16)7-9/h3-8,13,18H,2H2,1H3. The monoisotopic (exact) mass is 266 g/mol. The molecule has 0 saturated carbocycles. The molecule has 0 bridgehead atoms. The third-order valence-electron chi connectivity index (χ3n) is 2.69. The fraction of sp³-hybridized carbons (Fsp3) is 0.214. The molecule has 1 aromatic heterocycles. The van der Waals surface area contributed by atoms with Crippen LogP contribution in [-0.4, -0.2) is 11.5 Å². The molecule has 0 saturated heterocycles. The van der Waals surface area contributed by atoms with E-state index in [9.17, 15) is 13.2 Å². The van der Waals surface area contributed by atoms with Crippen molar-refractivity contribution in [2.24, 2.45) is 0 Å². The molecule has 0 aliphatic carbocycles. The summed E-state index contributed by atoms with van der Waals surface area (Å²) in [4.78, 5) is 3.95. The van der Waals surface area contributed by atoms with Crippen molar-refractivity contribution in [1.29, 1.82) is 0 Å². The van der Waals surface area contributed by atoms with Crippen LogP contribution >= 0.6 is 0 Å². The molecule has 2 rings (SSSR count). The molecule has 1 N–H and O–H groups in total. The number of nitrogens with one attached hydrogen (secondary N) is 1. The summed E-state index contributed by atoms with van der Waals surface area (Å²) in [5.41, 5.74) is 0.423. The van der Waals surface area contributed by atoms with Gasteiger partial charge in [-0.05, 0) is 36.4 Å². The minimum atomic E-state index is -0.700. The fourth-order valence-corrected chi connectivity index (χ4v) is 1.93. The van der Waals surface area contributed by atoms with Gasteiger partial charge in [0.15, 0.2) is 0 Å². The number of hydrogen-bond acceptors (Lipinski definition) is 2. The van der Waals surface area contributed by atoms with Crippen molar-refractivity contribution in [1.82, 2.24) is 10.3 Å². The molecule has 1 heterocycles. The summed E-state index contributed by atoms with van der Waals surface area (Å²) in [5, 5.41) is 2.97. The van der Waals surface area contributed by atoms with Crippen LogP contribution in [0.25, 0.3) is 0 Å². The number of halogens is 3. The van der Waals surface area contributed by atoms with Gasteiger partial charge < -0.3 is 5.32 Å². The van der Waals surface area contributed by atoms with Gasteiger partial charge in [0.2, 0.25) is 0 Å². The van der Waals surface area contributed by atoms with Crippen LogP contribution in [0.4, 0.5) is 13.2 Å². The van der Waals surface area contributed by atoms with Gasteiger partial charge in [-0.1, -0.05) is 6.92 Å². The maximum absolute atomic E-state index is 13.8. The lowest BCUT2D eigenvalue weighted by atomic mass is 10.0. The van der Waals surface area contributed by atoms with E-state index in [0.29, 0.717) is 12.1 Å². The van der Waals surface area contributed by atoms with Crippen LogP contribution in [0, 0.1) is 17.5 Å². The molecule has 1 unspecified atom stereocenters. The predicted octanol–water partition coefficient (Wildman–Crippen LogP) is 3.20. The average molecular weight is 266 g/mol. The van der Waals surface area contributed by atoms with E-state index in [2.05, 4.69) is 10.3 Å². The smallest absolute Gasteiger partial charge is 0.146 e. The van der Waals surface area contributed by atoms with Gasteiger partial charge in [-0.25, -0.2) is 13.2 Å². The van der Waals surface area contributed by atoms with Crippen LogP contribution in [0.2, 0.25) is 0 Å². The summed E-state index contributed by atoms with van der Waals surface area (Å²) in [6.45, 7) is 2.34. The highest BCUT2D eigenvalue weighted by atomic mass is 19.1. The van der Waals surface area contributed by atoms with Crippen LogP contribution in [0.15, 0.2) is 36.5 Å². The minimum absolute atomic E-state index is 0.120. The summed E-state index contributed by atoms with van der Waals surface area (Å²) in [5.74, 6) is -1.92. The molecular formula is C14H13F3N2. The third-order valence-corrected chi connectivity index (χ3v) is 2.69. The molecule has 0 spiro atoms. The topological polar surface area (TPSA) is 24.9 Å². The van der Waals surface area contributed by atoms with E-state index in [1.165, 1.54) is 30.5 Å². The molecular weight excluding hydrogens is 253 g/mol. The first kappa shape index (κ1) is 13.5. The number of hydrogen-bond donors (Lipinski definition) is 1. The lowest BCUT2D eigenvalue weighted by Gasteiger charge is -2.18. The second-order valence-corrected chi connectivity index (χ2v) is 4.06. The highest BCUT2D eigenvalue weighted by Gasteiger charge is 2.19. The van der Waals surface area contributed by atoms with E-state index in [1.54, 1.807) is 0 Å². The maximum Gasteiger partial charge on any atom is 0.146 e. The Morgan fingerprint density at radius 2 is 1.84 bits per heavy atom. The van der Waals surface area contributed by atoms with Crippen molar-refractivity contribution >= 4 is 0 Å². The Hall–Kier alpha value is -1.88. The predicted molar refractivity (Wildman–Crippen MR) is 66.1 cm³/mol. The Balaban J connectivity index is 2.48. The molecule has 0 amide bonds. The summed E-state index contributed by atoms with van der Waals surface area (Å²) in [6.07, 6.45) is 1.44. The second kappa shape index (κ2) is 5.84. The van der Waals surface area contributed by atoms with Crippen molar-refractivity contribution in [3.63, 3.8) is 0 Å². The molecule has 2 nitrogen and oxygen atoms in total. The average Bonchev–Trinajstić information content (AvgIpc) is 2.36. The van der Waals surface area contributed by atoms with Gasteiger partial charge in [-0.3, -0.25) is 4.98 Å². The molecule has 100 valence electrons. The number of aromatic nitrogens is 1. The van der Waals surface area contributed by atoms with Crippen LogP contribution in [0.5, 0.6) is 0 Å². The SMILES string of the molecule is CCNC(c1cc(F)cc(F)c1)c1ncccc1F. The Kier molecular flexibility index (Phi) is 4.16. The zero-order valence-electron chi connectivity index (χ0n) is 10.3. The molecule has 1 aromatic carbocycles. The van der Waals surface area contributed by atoms with Crippen LogP contribution in [0.1, 0.15) is 24.2 Å². The summed E-state index contributed by atoms with van der Waals surface area (Å²) >= 11 is 0. The Morgan fingerprint density at radius 3 is 2.42 bits per heavy atom. The fourth-order valence-electron chi connectivity index (χ4n) is 1.93. The van der Waals surface area contributed by atoms with Gasteiger partial charge in [-0.15, -0.1) is 0 Å². The van der Waals surface area contributed by atoms with E-state index in [0.717, 1.165) is 6.07 Å². The van der Waals surface area contributed by atoms with Crippen molar-refractivity contribution in [2.45, 2.75) is 13.0 Å². The second-order valence-electron chi connectivity index (χ2n) is 4.06. The van der Waals surface area contributed by atoms with Crippen molar-refractivity contribution in [3.8, 4) is 0 Å². The molecule has 0 aliphatic heterocycles. The lowest BCUT2D eigenvalue weighted by molar-refractivity contribution is 0.531. The minimum Gasteiger partial charge on any atom is -0.305 e. The summed E-state index contributed by atoms with van der Waals surface area (Å²) < 4.78 is 40.3. The largest absolute Gasteiger partial charge is 0.305 e. The van der Waals surface area contributed by atoms with Gasteiger partial charge >= 0.3 is 0 Å².